The van der Waals surface area contributed by atoms with Crippen LogP contribution < -0.4 is 5.73 Å². The van der Waals surface area contributed by atoms with Gasteiger partial charge < -0.3 is 15.0 Å². The third kappa shape index (κ3) is 3.04. The Balaban J connectivity index is 2.48. The normalized spacial score (nSPS) is 14.2. The fourth-order valence-electron chi connectivity index (χ4n) is 1.42. The molecule has 0 aromatic carbocycles. The molecule has 15 heavy (non-hydrogen) atoms. The molecule has 0 saturated heterocycles. The molecule has 0 aliphatic heterocycles. The minimum absolute atomic E-state index is 0.0270. The predicted molar refractivity (Wildman–Crippen MR) is 60.6 cm³/mol. The predicted octanol–water partition coefficient (Wildman–Crippen LogP) is 1.10. The maximum atomic E-state index is 6.07. The Labute approximate surface area is 91.4 Å². The minimum atomic E-state index is -0.273. The van der Waals surface area contributed by atoms with Gasteiger partial charge in [0.05, 0.1) is 5.60 Å². The van der Waals surface area contributed by atoms with Crippen molar-refractivity contribution in [3.8, 4) is 0 Å². The summed E-state index contributed by atoms with van der Waals surface area (Å²) in [5.41, 5.74) is 5.79. The lowest BCUT2D eigenvalue weighted by Gasteiger charge is -2.30. The van der Waals surface area contributed by atoms with Gasteiger partial charge in [0.25, 0.3) is 0 Å². The second-order valence-corrected chi connectivity index (χ2v) is 4.41. The summed E-state index contributed by atoms with van der Waals surface area (Å²) >= 11 is 0. The summed E-state index contributed by atoms with van der Waals surface area (Å²) in [5.74, 6) is 1.07. The van der Waals surface area contributed by atoms with E-state index in [1.807, 2.05) is 37.9 Å². The van der Waals surface area contributed by atoms with Crippen molar-refractivity contribution in [2.45, 2.75) is 38.3 Å². The van der Waals surface area contributed by atoms with Crippen LogP contribution >= 0.6 is 0 Å². The lowest BCUT2D eigenvalue weighted by molar-refractivity contribution is -0.00146. The van der Waals surface area contributed by atoms with E-state index in [1.165, 1.54) is 0 Å². The number of nitrogens with zero attached hydrogens (tertiary/aromatic N) is 2. The SMILES string of the molecule is COC(C)(C)C(N)CCc1nccn1C. The standard InChI is InChI=1S/C11H21N3O/c1-11(2,15-4)9(12)5-6-10-13-7-8-14(10)3/h7-9H,5-6,12H2,1-4H3. The van der Waals surface area contributed by atoms with Gasteiger partial charge in [0.1, 0.15) is 5.82 Å². The summed E-state index contributed by atoms with van der Waals surface area (Å²) in [6, 6.07) is 0.0270. The van der Waals surface area contributed by atoms with E-state index in [9.17, 15) is 0 Å². The van der Waals surface area contributed by atoms with E-state index in [0.717, 1.165) is 18.7 Å². The van der Waals surface area contributed by atoms with Gasteiger partial charge in [-0.3, -0.25) is 0 Å². The fraction of sp³-hybridized carbons (Fsp3) is 0.727. The number of hydrogen-bond donors (Lipinski definition) is 1. The number of nitrogens with two attached hydrogens (primary N) is 1. The van der Waals surface area contributed by atoms with Crippen LogP contribution in [0.1, 0.15) is 26.1 Å². The van der Waals surface area contributed by atoms with Crippen LogP contribution in [0.25, 0.3) is 0 Å². The first-order valence-corrected chi connectivity index (χ1v) is 5.24. The molecule has 0 aliphatic rings. The van der Waals surface area contributed by atoms with E-state index in [2.05, 4.69) is 4.98 Å². The number of methoxy groups -OCH3 is 1. The molecule has 86 valence electrons. The number of aryl methyl sites for hydroxylation is 2. The average molecular weight is 211 g/mol. The van der Waals surface area contributed by atoms with E-state index in [1.54, 1.807) is 7.11 Å². The molecular weight excluding hydrogens is 190 g/mol. The summed E-state index contributed by atoms with van der Waals surface area (Å²) in [7, 11) is 3.69. The highest BCUT2D eigenvalue weighted by molar-refractivity contribution is 4.93. The smallest absolute Gasteiger partial charge is 0.108 e. The quantitative estimate of drug-likeness (QED) is 0.793. The molecule has 0 fully saturated rings. The second-order valence-electron chi connectivity index (χ2n) is 4.41. The highest BCUT2D eigenvalue weighted by Gasteiger charge is 2.25. The van der Waals surface area contributed by atoms with E-state index < -0.39 is 0 Å². The van der Waals surface area contributed by atoms with Crippen molar-refractivity contribution in [2.75, 3.05) is 7.11 Å². The summed E-state index contributed by atoms with van der Waals surface area (Å²) in [6.45, 7) is 4.02. The van der Waals surface area contributed by atoms with Crippen molar-refractivity contribution in [1.29, 1.82) is 0 Å². The van der Waals surface area contributed by atoms with Gasteiger partial charge in [0, 0.05) is 39.0 Å². The Kier molecular flexibility index (Phi) is 3.88. The Morgan fingerprint density at radius 2 is 2.27 bits per heavy atom. The largest absolute Gasteiger partial charge is 0.377 e. The zero-order valence-electron chi connectivity index (χ0n) is 10.0. The van der Waals surface area contributed by atoms with Crippen LogP contribution in [0.15, 0.2) is 12.4 Å². The zero-order valence-corrected chi connectivity index (χ0v) is 10.0. The lowest BCUT2D eigenvalue weighted by Crippen LogP contribution is -2.44. The van der Waals surface area contributed by atoms with Crippen LogP contribution in [-0.2, 0) is 18.2 Å². The molecule has 2 N–H and O–H groups in total. The third-order valence-corrected chi connectivity index (χ3v) is 3.02. The second kappa shape index (κ2) is 4.77. The van der Waals surface area contributed by atoms with Crippen molar-refractivity contribution in [3.63, 3.8) is 0 Å². The van der Waals surface area contributed by atoms with E-state index >= 15 is 0 Å². The van der Waals surface area contributed by atoms with Gasteiger partial charge in [-0.25, -0.2) is 4.98 Å². The molecular formula is C11H21N3O. The molecule has 4 nitrogen and oxygen atoms in total. The van der Waals surface area contributed by atoms with Crippen LogP contribution in [0.5, 0.6) is 0 Å². The molecule has 1 unspecified atom stereocenters. The minimum Gasteiger partial charge on any atom is -0.377 e. The zero-order chi connectivity index (χ0) is 11.5. The maximum absolute atomic E-state index is 6.07. The molecule has 0 spiro atoms. The number of hydrogen-bond acceptors (Lipinski definition) is 3. The highest BCUT2D eigenvalue weighted by atomic mass is 16.5. The molecule has 0 bridgehead atoms. The van der Waals surface area contributed by atoms with Gasteiger partial charge in [0.15, 0.2) is 0 Å². The first-order valence-electron chi connectivity index (χ1n) is 5.24. The fourth-order valence-corrected chi connectivity index (χ4v) is 1.42. The van der Waals surface area contributed by atoms with Crippen molar-refractivity contribution in [2.24, 2.45) is 12.8 Å². The van der Waals surface area contributed by atoms with Gasteiger partial charge in [-0.1, -0.05) is 0 Å². The van der Waals surface area contributed by atoms with Crippen LogP contribution in [0, 0.1) is 0 Å². The molecule has 1 rings (SSSR count). The summed E-state index contributed by atoms with van der Waals surface area (Å²) in [6.07, 6.45) is 5.52. The number of ether oxygens (including phenoxy) is 1. The average Bonchev–Trinajstić information content (AvgIpc) is 2.60. The van der Waals surface area contributed by atoms with Crippen LogP contribution in [0.2, 0.25) is 0 Å². The van der Waals surface area contributed by atoms with Crippen LogP contribution in [0.4, 0.5) is 0 Å². The van der Waals surface area contributed by atoms with E-state index in [0.29, 0.717) is 0 Å². The van der Waals surface area contributed by atoms with E-state index in [-0.39, 0.29) is 11.6 Å². The number of imidazole rings is 1. The molecule has 4 heteroatoms. The van der Waals surface area contributed by atoms with Crippen molar-refractivity contribution < 1.29 is 4.74 Å². The topological polar surface area (TPSA) is 53.1 Å². The molecule has 0 radical (unpaired) electrons. The summed E-state index contributed by atoms with van der Waals surface area (Å²) in [5, 5.41) is 0. The highest BCUT2D eigenvalue weighted by Crippen LogP contribution is 2.16. The van der Waals surface area contributed by atoms with Crippen LogP contribution in [0.3, 0.4) is 0 Å². The molecule has 1 aromatic heterocycles. The van der Waals surface area contributed by atoms with Gasteiger partial charge in [0.2, 0.25) is 0 Å². The van der Waals surface area contributed by atoms with Gasteiger partial charge >= 0.3 is 0 Å². The molecule has 0 amide bonds. The maximum Gasteiger partial charge on any atom is 0.108 e. The molecule has 0 saturated carbocycles. The third-order valence-electron chi connectivity index (χ3n) is 3.02. The molecule has 1 aromatic rings. The van der Waals surface area contributed by atoms with Gasteiger partial charge in [-0.15, -0.1) is 0 Å². The van der Waals surface area contributed by atoms with Crippen molar-refractivity contribution >= 4 is 0 Å². The monoisotopic (exact) mass is 211 g/mol. The van der Waals surface area contributed by atoms with Crippen molar-refractivity contribution in [1.82, 2.24) is 9.55 Å². The lowest BCUT2D eigenvalue weighted by atomic mass is 9.95. The first kappa shape index (κ1) is 12.2. The Bertz CT molecular complexity index is 307. The Morgan fingerprint density at radius 1 is 1.60 bits per heavy atom. The number of aromatic nitrogens is 2. The molecule has 1 heterocycles. The molecule has 1 atom stereocenters. The molecule has 0 aliphatic carbocycles. The first-order chi connectivity index (χ1) is 6.97. The van der Waals surface area contributed by atoms with E-state index in [4.69, 9.17) is 10.5 Å². The Morgan fingerprint density at radius 3 is 2.73 bits per heavy atom. The number of rotatable bonds is 5. The van der Waals surface area contributed by atoms with Crippen LogP contribution in [-0.4, -0.2) is 28.3 Å². The summed E-state index contributed by atoms with van der Waals surface area (Å²) < 4.78 is 7.37. The van der Waals surface area contributed by atoms with Gasteiger partial charge in [-0.05, 0) is 20.3 Å². The van der Waals surface area contributed by atoms with Crippen molar-refractivity contribution in [3.05, 3.63) is 18.2 Å². The summed E-state index contributed by atoms with van der Waals surface area (Å²) in [4.78, 5) is 4.26. The Hall–Kier alpha value is -0.870. The van der Waals surface area contributed by atoms with Gasteiger partial charge in [-0.2, -0.15) is 0 Å².